The number of imidazole rings is 1. The predicted octanol–water partition coefficient (Wildman–Crippen LogP) is 1.24. The van der Waals surface area contributed by atoms with Gasteiger partial charge in [0.05, 0.1) is 23.8 Å². The minimum atomic E-state index is 0.921. The summed E-state index contributed by atoms with van der Waals surface area (Å²) >= 11 is 0. The molecule has 3 rings (SSSR count). The van der Waals surface area contributed by atoms with Crippen molar-refractivity contribution >= 4 is 0 Å². The van der Waals surface area contributed by atoms with Gasteiger partial charge in [0.2, 0.25) is 0 Å². The minimum Gasteiger partial charge on any atom is -0.364 e. The molecule has 1 saturated heterocycles. The number of likely N-dealkylation sites (tertiary alicyclic amines) is 1. The SMILES string of the molecule is c1nocc1-c1cn(CCN2CCC2)cn1. The van der Waals surface area contributed by atoms with Crippen LogP contribution in [0.3, 0.4) is 0 Å². The normalized spacial score (nSPS) is 16.2. The summed E-state index contributed by atoms with van der Waals surface area (Å²) < 4.78 is 6.91. The Bertz CT molecular complexity index is 444. The summed E-state index contributed by atoms with van der Waals surface area (Å²) in [6.45, 7) is 4.60. The summed E-state index contributed by atoms with van der Waals surface area (Å²) in [6, 6.07) is 0. The Morgan fingerprint density at radius 2 is 2.25 bits per heavy atom. The average Bonchev–Trinajstić information content (AvgIpc) is 2.84. The molecule has 0 N–H and O–H groups in total. The lowest BCUT2D eigenvalue weighted by molar-refractivity contribution is 0.174. The summed E-state index contributed by atoms with van der Waals surface area (Å²) in [5.41, 5.74) is 1.85. The van der Waals surface area contributed by atoms with Crippen LogP contribution in [0.2, 0.25) is 0 Å². The molecule has 5 nitrogen and oxygen atoms in total. The molecule has 16 heavy (non-hydrogen) atoms. The topological polar surface area (TPSA) is 47.1 Å². The second-order valence-corrected chi connectivity index (χ2v) is 4.11. The van der Waals surface area contributed by atoms with Gasteiger partial charge in [-0.05, 0) is 19.5 Å². The van der Waals surface area contributed by atoms with Crippen molar-refractivity contribution in [1.82, 2.24) is 19.6 Å². The van der Waals surface area contributed by atoms with Crippen molar-refractivity contribution < 1.29 is 4.52 Å². The zero-order valence-electron chi connectivity index (χ0n) is 9.04. The van der Waals surface area contributed by atoms with E-state index in [1.54, 1.807) is 12.5 Å². The van der Waals surface area contributed by atoms with Crippen LogP contribution in [0, 0.1) is 0 Å². The molecule has 0 aromatic carbocycles. The lowest BCUT2D eigenvalue weighted by Gasteiger charge is -2.30. The molecule has 0 bridgehead atoms. The second-order valence-electron chi connectivity index (χ2n) is 4.11. The van der Waals surface area contributed by atoms with Crippen LogP contribution in [-0.2, 0) is 6.54 Å². The molecular weight excluding hydrogens is 204 g/mol. The zero-order valence-corrected chi connectivity index (χ0v) is 9.04. The molecule has 0 radical (unpaired) electrons. The lowest BCUT2D eigenvalue weighted by Crippen LogP contribution is -2.39. The van der Waals surface area contributed by atoms with Crippen LogP contribution in [0.15, 0.2) is 29.5 Å². The third kappa shape index (κ3) is 1.86. The van der Waals surface area contributed by atoms with E-state index >= 15 is 0 Å². The maximum atomic E-state index is 4.80. The first-order valence-corrected chi connectivity index (χ1v) is 5.56. The van der Waals surface area contributed by atoms with Crippen molar-refractivity contribution in [2.24, 2.45) is 0 Å². The monoisotopic (exact) mass is 218 g/mol. The number of hydrogen-bond donors (Lipinski definition) is 0. The van der Waals surface area contributed by atoms with Crippen molar-refractivity contribution in [2.75, 3.05) is 19.6 Å². The Hall–Kier alpha value is -1.62. The quantitative estimate of drug-likeness (QED) is 0.774. The molecule has 1 aliphatic rings. The van der Waals surface area contributed by atoms with Gasteiger partial charge in [-0.2, -0.15) is 0 Å². The number of nitrogens with zero attached hydrogens (tertiary/aromatic N) is 4. The molecule has 0 saturated carbocycles. The van der Waals surface area contributed by atoms with E-state index < -0.39 is 0 Å². The van der Waals surface area contributed by atoms with Gasteiger partial charge in [0, 0.05) is 19.3 Å². The fraction of sp³-hybridized carbons (Fsp3) is 0.455. The van der Waals surface area contributed by atoms with Crippen molar-refractivity contribution in [1.29, 1.82) is 0 Å². The van der Waals surface area contributed by atoms with E-state index in [-0.39, 0.29) is 0 Å². The smallest absolute Gasteiger partial charge is 0.133 e. The fourth-order valence-electron chi connectivity index (χ4n) is 1.83. The van der Waals surface area contributed by atoms with E-state index in [9.17, 15) is 0 Å². The highest BCUT2D eigenvalue weighted by molar-refractivity contribution is 5.54. The fourth-order valence-corrected chi connectivity index (χ4v) is 1.83. The van der Waals surface area contributed by atoms with Crippen molar-refractivity contribution in [3.63, 3.8) is 0 Å². The Morgan fingerprint density at radius 3 is 2.94 bits per heavy atom. The molecular formula is C11H14N4O. The first kappa shape index (κ1) is 9.59. The molecule has 0 spiro atoms. The Balaban J connectivity index is 1.63. The summed E-state index contributed by atoms with van der Waals surface area (Å²) in [4.78, 5) is 6.77. The summed E-state index contributed by atoms with van der Waals surface area (Å²) in [6.07, 6.45) is 8.54. The van der Waals surface area contributed by atoms with Gasteiger partial charge in [0.25, 0.3) is 0 Å². The van der Waals surface area contributed by atoms with Crippen LogP contribution >= 0.6 is 0 Å². The predicted molar refractivity (Wildman–Crippen MR) is 58.8 cm³/mol. The molecule has 1 aliphatic heterocycles. The molecule has 5 heteroatoms. The molecule has 0 aliphatic carbocycles. The molecule has 1 fully saturated rings. The van der Waals surface area contributed by atoms with Crippen molar-refractivity contribution in [3.8, 4) is 11.3 Å². The van der Waals surface area contributed by atoms with Gasteiger partial charge < -0.3 is 14.0 Å². The molecule has 0 amide bonds. The molecule has 3 heterocycles. The first-order valence-electron chi connectivity index (χ1n) is 5.56. The van der Waals surface area contributed by atoms with E-state index in [0.29, 0.717) is 0 Å². The van der Waals surface area contributed by atoms with Crippen LogP contribution in [-0.4, -0.2) is 39.2 Å². The van der Waals surface area contributed by atoms with Crippen molar-refractivity contribution in [2.45, 2.75) is 13.0 Å². The van der Waals surface area contributed by atoms with Gasteiger partial charge in [-0.1, -0.05) is 5.16 Å². The van der Waals surface area contributed by atoms with Gasteiger partial charge >= 0.3 is 0 Å². The average molecular weight is 218 g/mol. The van der Waals surface area contributed by atoms with E-state index in [0.717, 1.165) is 24.3 Å². The van der Waals surface area contributed by atoms with Crippen LogP contribution in [0.4, 0.5) is 0 Å². The van der Waals surface area contributed by atoms with E-state index in [2.05, 4.69) is 19.6 Å². The van der Waals surface area contributed by atoms with E-state index in [4.69, 9.17) is 4.52 Å². The van der Waals surface area contributed by atoms with Gasteiger partial charge in [-0.25, -0.2) is 4.98 Å². The second kappa shape index (κ2) is 4.09. The van der Waals surface area contributed by atoms with E-state index in [1.165, 1.54) is 19.5 Å². The molecule has 0 atom stereocenters. The largest absolute Gasteiger partial charge is 0.364 e. The van der Waals surface area contributed by atoms with Crippen LogP contribution in [0.25, 0.3) is 11.3 Å². The zero-order chi connectivity index (χ0) is 10.8. The molecule has 0 unspecified atom stereocenters. The van der Waals surface area contributed by atoms with Gasteiger partial charge in [0.15, 0.2) is 0 Å². The Kier molecular flexibility index (Phi) is 2.46. The standard InChI is InChI=1S/C11H14N4O/c1-2-14(3-1)4-5-15-7-11(12-9-15)10-6-13-16-8-10/h6-9H,1-5H2. The molecule has 84 valence electrons. The number of hydrogen-bond acceptors (Lipinski definition) is 4. The van der Waals surface area contributed by atoms with Gasteiger partial charge in [-0.15, -0.1) is 0 Å². The number of rotatable bonds is 4. The minimum absolute atomic E-state index is 0.921. The number of aromatic nitrogens is 3. The molecule has 2 aromatic heterocycles. The highest BCUT2D eigenvalue weighted by Gasteiger charge is 2.13. The Morgan fingerprint density at radius 1 is 1.31 bits per heavy atom. The first-order chi connectivity index (χ1) is 7.92. The van der Waals surface area contributed by atoms with Gasteiger partial charge in [0.1, 0.15) is 6.26 Å². The Labute approximate surface area is 93.7 Å². The third-order valence-corrected chi connectivity index (χ3v) is 2.98. The lowest BCUT2D eigenvalue weighted by atomic mass is 10.2. The van der Waals surface area contributed by atoms with Crippen molar-refractivity contribution in [3.05, 3.63) is 25.0 Å². The van der Waals surface area contributed by atoms with Crippen LogP contribution < -0.4 is 0 Å². The maximum Gasteiger partial charge on any atom is 0.133 e. The summed E-state index contributed by atoms with van der Waals surface area (Å²) in [5, 5.41) is 3.67. The highest BCUT2D eigenvalue weighted by atomic mass is 16.5. The van der Waals surface area contributed by atoms with Gasteiger partial charge in [-0.3, -0.25) is 0 Å². The maximum absolute atomic E-state index is 4.80. The molecule has 2 aromatic rings. The van der Waals surface area contributed by atoms with Crippen LogP contribution in [0.1, 0.15) is 6.42 Å². The van der Waals surface area contributed by atoms with E-state index in [1.807, 2.05) is 12.5 Å². The summed E-state index contributed by atoms with van der Waals surface area (Å²) in [7, 11) is 0. The van der Waals surface area contributed by atoms with Crippen LogP contribution in [0.5, 0.6) is 0 Å². The highest BCUT2D eigenvalue weighted by Crippen LogP contribution is 2.15. The third-order valence-electron chi connectivity index (χ3n) is 2.98. The summed E-state index contributed by atoms with van der Waals surface area (Å²) in [5.74, 6) is 0.